The molecule has 1 heterocycles. The molecule has 7 nitrogen and oxygen atoms in total. The van der Waals surface area contributed by atoms with Gasteiger partial charge >= 0.3 is 0 Å². The van der Waals surface area contributed by atoms with Gasteiger partial charge in [-0.15, -0.1) is 0 Å². The SMILES string of the molecule is COCCNC(=O)c1ccc(CC2CCN(S(=O)(=O)c3cccc(OC)c3)CC2)cc1. The van der Waals surface area contributed by atoms with Crippen LogP contribution in [0.15, 0.2) is 53.4 Å². The van der Waals surface area contributed by atoms with Gasteiger partial charge in [-0.25, -0.2) is 8.42 Å². The van der Waals surface area contributed by atoms with Crippen molar-refractivity contribution < 1.29 is 22.7 Å². The molecular weight excluding hydrogens is 416 g/mol. The van der Waals surface area contributed by atoms with Crippen LogP contribution in [0.25, 0.3) is 0 Å². The van der Waals surface area contributed by atoms with Gasteiger partial charge < -0.3 is 14.8 Å². The first kappa shape index (κ1) is 23.2. The number of amides is 1. The monoisotopic (exact) mass is 446 g/mol. The molecule has 0 saturated carbocycles. The number of hydrogen-bond acceptors (Lipinski definition) is 5. The van der Waals surface area contributed by atoms with Crippen LogP contribution in [0.4, 0.5) is 0 Å². The van der Waals surface area contributed by atoms with E-state index in [9.17, 15) is 13.2 Å². The lowest BCUT2D eigenvalue weighted by atomic mass is 9.91. The smallest absolute Gasteiger partial charge is 0.251 e. The highest BCUT2D eigenvalue weighted by Gasteiger charge is 2.29. The van der Waals surface area contributed by atoms with Crippen molar-refractivity contribution in [3.63, 3.8) is 0 Å². The maximum absolute atomic E-state index is 12.9. The van der Waals surface area contributed by atoms with Crippen LogP contribution >= 0.6 is 0 Å². The third kappa shape index (κ3) is 6.06. The van der Waals surface area contributed by atoms with Crippen molar-refractivity contribution in [3.8, 4) is 5.75 Å². The van der Waals surface area contributed by atoms with E-state index in [2.05, 4.69) is 5.32 Å². The molecule has 0 aliphatic carbocycles. The Hall–Kier alpha value is -2.42. The van der Waals surface area contributed by atoms with E-state index in [0.717, 1.165) is 24.8 Å². The Kier molecular flexibility index (Phi) is 8.06. The molecule has 0 bridgehead atoms. The van der Waals surface area contributed by atoms with Gasteiger partial charge in [0, 0.05) is 38.4 Å². The first-order chi connectivity index (χ1) is 14.9. The number of rotatable bonds is 9. The maximum Gasteiger partial charge on any atom is 0.251 e. The first-order valence-corrected chi connectivity index (χ1v) is 11.9. The number of nitrogens with one attached hydrogen (secondary N) is 1. The Morgan fingerprint density at radius 3 is 2.45 bits per heavy atom. The van der Waals surface area contributed by atoms with Crippen LogP contribution in [0.1, 0.15) is 28.8 Å². The van der Waals surface area contributed by atoms with Crippen LogP contribution < -0.4 is 10.1 Å². The minimum absolute atomic E-state index is 0.111. The number of hydrogen-bond donors (Lipinski definition) is 1. The number of benzene rings is 2. The summed E-state index contributed by atoms with van der Waals surface area (Å²) in [6, 6.07) is 14.2. The minimum atomic E-state index is -3.52. The molecule has 1 fully saturated rings. The lowest BCUT2D eigenvalue weighted by molar-refractivity contribution is 0.0937. The lowest BCUT2D eigenvalue weighted by Crippen LogP contribution is -2.38. The standard InChI is InChI=1S/C23H30N2O5S/c1-29-15-12-24-23(26)20-8-6-18(7-9-20)16-19-10-13-25(14-11-19)31(27,28)22-5-3-4-21(17-22)30-2/h3-9,17,19H,10-16H2,1-2H3,(H,24,26). The van der Waals surface area contributed by atoms with Gasteiger partial charge in [-0.2, -0.15) is 4.31 Å². The maximum atomic E-state index is 12.9. The minimum Gasteiger partial charge on any atom is -0.497 e. The number of piperidine rings is 1. The van der Waals surface area contributed by atoms with Crippen LogP contribution in [-0.4, -0.2) is 59.1 Å². The highest BCUT2D eigenvalue weighted by Crippen LogP contribution is 2.27. The number of methoxy groups -OCH3 is 2. The molecule has 168 valence electrons. The summed E-state index contributed by atoms with van der Waals surface area (Å²) in [7, 11) is -0.394. The van der Waals surface area contributed by atoms with E-state index in [1.807, 2.05) is 24.3 Å². The Morgan fingerprint density at radius 1 is 1.10 bits per heavy atom. The van der Waals surface area contributed by atoms with E-state index < -0.39 is 10.0 Å². The third-order valence-electron chi connectivity index (χ3n) is 5.58. The van der Waals surface area contributed by atoms with Gasteiger partial charge in [0.05, 0.1) is 18.6 Å². The molecule has 0 radical (unpaired) electrons. The zero-order valence-electron chi connectivity index (χ0n) is 18.0. The zero-order valence-corrected chi connectivity index (χ0v) is 18.9. The number of ether oxygens (including phenoxy) is 2. The molecule has 0 spiro atoms. The van der Waals surface area contributed by atoms with Crippen LogP contribution in [0, 0.1) is 5.92 Å². The molecule has 1 amide bonds. The highest BCUT2D eigenvalue weighted by molar-refractivity contribution is 7.89. The molecule has 0 atom stereocenters. The summed E-state index contributed by atoms with van der Waals surface area (Å²) in [6.45, 7) is 1.97. The van der Waals surface area contributed by atoms with Gasteiger partial charge in [-0.05, 0) is 55.0 Å². The van der Waals surface area contributed by atoms with Gasteiger partial charge in [0.1, 0.15) is 5.75 Å². The van der Waals surface area contributed by atoms with Crippen molar-refractivity contribution in [2.75, 3.05) is 40.5 Å². The van der Waals surface area contributed by atoms with Gasteiger partial charge in [0.25, 0.3) is 5.91 Å². The fourth-order valence-electron chi connectivity index (χ4n) is 3.76. The summed E-state index contributed by atoms with van der Waals surface area (Å²) in [5.41, 5.74) is 1.78. The predicted octanol–water partition coefficient (Wildman–Crippen LogP) is 2.71. The second-order valence-electron chi connectivity index (χ2n) is 7.68. The molecule has 2 aromatic rings. The summed E-state index contributed by atoms with van der Waals surface area (Å²) in [5.74, 6) is 0.838. The van der Waals surface area contributed by atoms with Crippen molar-refractivity contribution in [1.82, 2.24) is 9.62 Å². The zero-order chi connectivity index (χ0) is 22.3. The van der Waals surface area contributed by atoms with Gasteiger partial charge in [-0.1, -0.05) is 18.2 Å². The molecule has 1 saturated heterocycles. The number of carbonyl (C=O) groups is 1. The van der Waals surface area contributed by atoms with Gasteiger partial charge in [0.2, 0.25) is 10.0 Å². The Balaban J connectivity index is 1.53. The van der Waals surface area contributed by atoms with E-state index in [1.165, 1.54) is 7.11 Å². The fraction of sp³-hybridized carbons (Fsp3) is 0.435. The van der Waals surface area contributed by atoms with E-state index >= 15 is 0 Å². The fourth-order valence-corrected chi connectivity index (χ4v) is 5.26. The first-order valence-electron chi connectivity index (χ1n) is 10.4. The average molecular weight is 447 g/mol. The molecule has 2 aromatic carbocycles. The summed E-state index contributed by atoms with van der Waals surface area (Å²) in [5, 5.41) is 2.81. The van der Waals surface area contributed by atoms with Crippen molar-refractivity contribution >= 4 is 15.9 Å². The second-order valence-corrected chi connectivity index (χ2v) is 9.61. The molecule has 0 unspecified atom stereocenters. The molecule has 31 heavy (non-hydrogen) atoms. The Labute approximate surface area is 184 Å². The lowest BCUT2D eigenvalue weighted by Gasteiger charge is -2.31. The largest absolute Gasteiger partial charge is 0.497 e. The summed E-state index contributed by atoms with van der Waals surface area (Å²) in [6.07, 6.45) is 2.49. The van der Waals surface area contributed by atoms with E-state index in [1.54, 1.807) is 35.7 Å². The van der Waals surface area contributed by atoms with Crippen LogP contribution in [-0.2, 0) is 21.2 Å². The molecule has 8 heteroatoms. The van der Waals surface area contributed by atoms with Crippen LogP contribution in [0.5, 0.6) is 5.75 Å². The van der Waals surface area contributed by atoms with Crippen molar-refractivity contribution in [3.05, 3.63) is 59.7 Å². The second kappa shape index (κ2) is 10.7. The van der Waals surface area contributed by atoms with Gasteiger partial charge in [-0.3, -0.25) is 4.79 Å². The summed E-state index contributed by atoms with van der Waals surface area (Å²) < 4.78 is 37.5. The quantitative estimate of drug-likeness (QED) is 0.599. The Morgan fingerprint density at radius 2 is 1.81 bits per heavy atom. The summed E-state index contributed by atoms with van der Waals surface area (Å²) in [4.78, 5) is 12.3. The molecule has 1 aliphatic heterocycles. The van der Waals surface area contributed by atoms with Crippen molar-refractivity contribution in [1.29, 1.82) is 0 Å². The van der Waals surface area contributed by atoms with Crippen molar-refractivity contribution in [2.24, 2.45) is 5.92 Å². The third-order valence-corrected chi connectivity index (χ3v) is 7.48. The number of nitrogens with zero attached hydrogens (tertiary/aromatic N) is 1. The Bertz CT molecular complexity index is 968. The summed E-state index contributed by atoms with van der Waals surface area (Å²) >= 11 is 0. The number of carbonyl (C=O) groups excluding carboxylic acids is 1. The topological polar surface area (TPSA) is 84.9 Å². The van der Waals surface area contributed by atoms with Crippen molar-refractivity contribution in [2.45, 2.75) is 24.2 Å². The molecule has 3 rings (SSSR count). The van der Waals surface area contributed by atoms with E-state index in [4.69, 9.17) is 9.47 Å². The molecule has 1 aliphatic rings. The van der Waals surface area contributed by atoms with Crippen LogP contribution in [0.2, 0.25) is 0 Å². The molecule has 0 aromatic heterocycles. The molecular formula is C23H30N2O5S. The number of sulfonamides is 1. The van der Waals surface area contributed by atoms with Gasteiger partial charge in [0.15, 0.2) is 0 Å². The normalized spacial score (nSPS) is 15.5. The predicted molar refractivity (Wildman–Crippen MR) is 119 cm³/mol. The van der Waals surface area contributed by atoms with Crippen LogP contribution in [0.3, 0.4) is 0 Å². The highest BCUT2D eigenvalue weighted by atomic mass is 32.2. The van der Waals surface area contributed by atoms with E-state index in [-0.39, 0.29) is 10.8 Å². The average Bonchev–Trinajstić information content (AvgIpc) is 2.80. The molecule has 1 N–H and O–H groups in total. The van der Waals surface area contributed by atoms with E-state index in [0.29, 0.717) is 43.5 Å².